The lowest BCUT2D eigenvalue weighted by Gasteiger charge is -2.38. The van der Waals surface area contributed by atoms with E-state index in [1.807, 2.05) is 36.4 Å². The molecule has 1 aliphatic rings. The minimum absolute atomic E-state index is 0.166. The number of ether oxygens (including phenoxy) is 4. The molecule has 184 valence electrons. The van der Waals surface area contributed by atoms with Gasteiger partial charge in [-0.25, -0.2) is 0 Å². The number of amides is 1. The van der Waals surface area contributed by atoms with Crippen LogP contribution in [0.15, 0.2) is 66.7 Å². The molecular formula is C28H30ClNO5. The molecule has 3 aromatic carbocycles. The van der Waals surface area contributed by atoms with Gasteiger partial charge in [0.1, 0.15) is 12.4 Å². The molecule has 0 radical (unpaired) electrons. The normalized spacial score (nSPS) is 14.7. The van der Waals surface area contributed by atoms with Crippen LogP contribution in [-0.2, 0) is 16.8 Å². The van der Waals surface area contributed by atoms with Crippen molar-refractivity contribution < 1.29 is 23.7 Å². The Hall–Kier alpha value is -3.22. The van der Waals surface area contributed by atoms with E-state index in [1.165, 1.54) is 5.56 Å². The third-order valence-corrected chi connectivity index (χ3v) is 6.88. The minimum atomic E-state index is -0.192. The summed E-state index contributed by atoms with van der Waals surface area (Å²) in [5, 5.41) is 3.77. The second-order valence-corrected chi connectivity index (χ2v) is 8.96. The highest BCUT2D eigenvalue weighted by atomic mass is 35.5. The summed E-state index contributed by atoms with van der Waals surface area (Å²) in [6.07, 6.45) is 1.66. The third kappa shape index (κ3) is 5.89. The van der Waals surface area contributed by atoms with E-state index in [0.717, 1.165) is 24.2 Å². The summed E-state index contributed by atoms with van der Waals surface area (Å²) < 4.78 is 22.3. The van der Waals surface area contributed by atoms with Crippen molar-refractivity contribution in [2.24, 2.45) is 0 Å². The van der Waals surface area contributed by atoms with Gasteiger partial charge < -0.3 is 24.3 Å². The zero-order valence-corrected chi connectivity index (χ0v) is 20.8. The molecule has 0 saturated carbocycles. The van der Waals surface area contributed by atoms with Crippen LogP contribution in [0.5, 0.6) is 17.2 Å². The SMILES string of the molecule is COc1ccc(C2(CNC(=O)c3ccc(OCc4ccccc4Cl)c(OC)c3)CCOCC2)cc1. The molecule has 7 heteroatoms. The average molecular weight is 496 g/mol. The maximum Gasteiger partial charge on any atom is 0.251 e. The highest BCUT2D eigenvalue weighted by molar-refractivity contribution is 6.31. The van der Waals surface area contributed by atoms with Gasteiger partial charge in [0.15, 0.2) is 11.5 Å². The van der Waals surface area contributed by atoms with Crippen LogP contribution in [0.3, 0.4) is 0 Å². The van der Waals surface area contributed by atoms with Gasteiger partial charge in [-0.1, -0.05) is 41.9 Å². The summed E-state index contributed by atoms with van der Waals surface area (Å²) >= 11 is 6.22. The summed E-state index contributed by atoms with van der Waals surface area (Å²) in [6.45, 7) is 2.13. The van der Waals surface area contributed by atoms with E-state index >= 15 is 0 Å². The first kappa shape index (κ1) is 24.9. The quantitative estimate of drug-likeness (QED) is 0.429. The fourth-order valence-corrected chi connectivity index (χ4v) is 4.52. The molecule has 1 aliphatic heterocycles. The molecule has 6 nitrogen and oxygen atoms in total. The fourth-order valence-electron chi connectivity index (χ4n) is 4.32. The Labute approximate surface area is 211 Å². The standard InChI is InChI=1S/C28H30ClNO5/c1-32-23-10-8-22(9-11-23)28(13-15-34-16-14-28)19-30-27(31)20-7-12-25(26(17-20)33-2)35-18-21-5-3-4-6-24(21)29/h3-12,17H,13-16,18-19H2,1-2H3,(H,30,31). The van der Waals surface area contributed by atoms with Gasteiger partial charge >= 0.3 is 0 Å². The molecule has 1 N–H and O–H groups in total. The van der Waals surface area contributed by atoms with Crippen molar-refractivity contribution in [3.8, 4) is 17.2 Å². The van der Waals surface area contributed by atoms with E-state index in [2.05, 4.69) is 17.4 Å². The molecule has 0 spiro atoms. The van der Waals surface area contributed by atoms with Crippen molar-refractivity contribution in [3.05, 3.63) is 88.4 Å². The van der Waals surface area contributed by atoms with Gasteiger partial charge in [-0.15, -0.1) is 0 Å². The lowest BCUT2D eigenvalue weighted by molar-refractivity contribution is 0.0487. The van der Waals surface area contributed by atoms with Gasteiger partial charge in [0.05, 0.1) is 14.2 Å². The molecule has 0 aromatic heterocycles. The van der Waals surface area contributed by atoms with Crippen LogP contribution in [0.1, 0.15) is 34.3 Å². The van der Waals surface area contributed by atoms with Gasteiger partial charge in [-0.2, -0.15) is 0 Å². The smallest absolute Gasteiger partial charge is 0.251 e. The lowest BCUT2D eigenvalue weighted by Crippen LogP contribution is -2.44. The molecule has 1 heterocycles. The van der Waals surface area contributed by atoms with E-state index in [1.54, 1.807) is 32.4 Å². The van der Waals surface area contributed by atoms with Crippen molar-refractivity contribution in [2.45, 2.75) is 24.9 Å². The number of hydrogen-bond acceptors (Lipinski definition) is 5. The largest absolute Gasteiger partial charge is 0.497 e. The molecule has 0 atom stereocenters. The highest BCUT2D eigenvalue weighted by Gasteiger charge is 2.35. The molecule has 0 bridgehead atoms. The zero-order valence-electron chi connectivity index (χ0n) is 20.0. The maximum absolute atomic E-state index is 13.1. The number of hydrogen-bond donors (Lipinski definition) is 1. The van der Waals surface area contributed by atoms with Gasteiger partial charge in [-0.05, 0) is 54.8 Å². The monoisotopic (exact) mass is 495 g/mol. The Bertz CT molecular complexity index is 1140. The Morgan fingerprint density at radius 1 is 0.971 bits per heavy atom. The molecule has 0 aliphatic carbocycles. The van der Waals surface area contributed by atoms with E-state index in [9.17, 15) is 4.79 Å². The number of carbonyl (C=O) groups excluding carboxylic acids is 1. The van der Waals surface area contributed by atoms with Crippen molar-refractivity contribution in [2.75, 3.05) is 34.0 Å². The summed E-state index contributed by atoms with van der Waals surface area (Å²) in [5.41, 5.74) is 2.35. The van der Waals surface area contributed by atoms with E-state index in [4.69, 9.17) is 30.5 Å². The maximum atomic E-state index is 13.1. The topological polar surface area (TPSA) is 66.0 Å². The number of halogens is 1. The molecule has 1 saturated heterocycles. The van der Waals surface area contributed by atoms with Crippen LogP contribution in [0.2, 0.25) is 5.02 Å². The van der Waals surface area contributed by atoms with Crippen LogP contribution in [0.4, 0.5) is 0 Å². The second-order valence-electron chi connectivity index (χ2n) is 8.55. The average Bonchev–Trinajstić information content (AvgIpc) is 2.91. The molecule has 1 fully saturated rings. The Morgan fingerprint density at radius 2 is 1.71 bits per heavy atom. The zero-order chi connectivity index (χ0) is 24.7. The van der Waals surface area contributed by atoms with Crippen LogP contribution in [0.25, 0.3) is 0 Å². The third-order valence-electron chi connectivity index (χ3n) is 6.51. The first-order valence-corrected chi connectivity index (χ1v) is 12.0. The summed E-state index contributed by atoms with van der Waals surface area (Å²) in [6, 6.07) is 20.8. The predicted octanol–water partition coefficient (Wildman–Crippen LogP) is 5.41. The van der Waals surface area contributed by atoms with E-state index in [-0.39, 0.29) is 11.3 Å². The van der Waals surface area contributed by atoms with Gasteiger partial charge in [-0.3, -0.25) is 4.79 Å². The van der Waals surface area contributed by atoms with Crippen molar-refractivity contribution >= 4 is 17.5 Å². The second kappa shape index (κ2) is 11.5. The van der Waals surface area contributed by atoms with Crippen LogP contribution >= 0.6 is 11.6 Å². The molecular weight excluding hydrogens is 466 g/mol. The molecule has 1 amide bonds. The molecule has 4 rings (SSSR count). The van der Waals surface area contributed by atoms with Crippen molar-refractivity contribution in [3.63, 3.8) is 0 Å². The summed E-state index contributed by atoms with van der Waals surface area (Å²) in [4.78, 5) is 13.1. The number of methoxy groups -OCH3 is 2. The summed E-state index contributed by atoms with van der Waals surface area (Å²) in [7, 11) is 3.21. The van der Waals surface area contributed by atoms with E-state index < -0.39 is 0 Å². The van der Waals surface area contributed by atoms with Crippen molar-refractivity contribution in [1.29, 1.82) is 0 Å². The molecule has 0 unspecified atom stereocenters. The Morgan fingerprint density at radius 3 is 2.40 bits per heavy atom. The van der Waals surface area contributed by atoms with Crippen LogP contribution < -0.4 is 19.5 Å². The molecule has 35 heavy (non-hydrogen) atoms. The number of carbonyl (C=O) groups is 1. The Kier molecular flexibility index (Phi) is 8.16. The van der Waals surface area contributed by atoms with Crippen molar-refractivity contribution in [1.82, 2.24) is 5.32 Å². The molecule has 3 aromatic rings. The van der Waals surface area contributed by atoms with Crippen LogP contribution in [0, 0.1) is 0 Å². The predicted molar refractivity (Wildman–Crippen MR) is 136 cm³/mol. The fraction of sp³-hybridized carbons (Fsp3) is 0.321. The Balaban J connectivity index is 1.45. The number of nitrogens with one attached hydrogen (secondary N) is 1. The van der Waals surface area contributed by atoms with Gasteiger partial charge in [0.25, 0.3) is 5.91 Å². The van der Waals surface area contributed by atoms with Crippen LogP contribution in [-0.4, -0.2) is 39.9 Å². The first-order valence-electron chi connectivity index (χ1n) is 11.6. The van der Waals surface area contributed by atoms with E-state index in [0.29, 0.717) is 48.5 Å². The van der Waals surface area contributed by atoms with Gasteiger partial charge in [0.2, 0.25) is 0 Å². The van der Waals surface area contributed by atoms with Gasteiger partial charge in [0, 0.05) is 41.3 Å². The highest BCUT2D eigenvalue weighted by Crippen LogP contribution is 2.35. The lowest BCUT2D eigenvalue weighted by atomic mass is 9.74. The number of rotatable bonds is 9. The first-order chi connectivity index (χ1) is 17.0. The minimum Gasteiger partial charge on any atom is -0.497 e. The summed E-state index contributed by atoms with van der Waals surface area (Å²) in [5.74, 6) is 1.67. The number of benzene rings is 3.